The number of phenols is 2. The first-order valence-corrected chi connectivity index (χ1v) is 6.08. The van der Waals surface area contributed by atoms with E-state index in [0.717, 1.165) is 11.0 Å². The summed E-state index contributed by atoms with van der Waals surface area (Å²) in [5.74, 6) is 0.627. The van der Waals surface area contributed by atoms with Crippen LogP contribution < -0.4 is 0 Å². The van der Waals surface area contributed by atoms with Crippen LogP contribution in [0.15, 0.2) is 36.4 Å². The molecule has 0 spiro atoms. The SMILES string of the molecule is Cn1c(-c2ccc(O)cc2O)nc2ccc(Cl)cc21. The van der Waals surface area contributed by atoms with Crippen molar-refractivity contribution in [1.29, 1.82) is 0 Å². The smallest absolute Gasteiger partial charge is 0.144 e. The molecule has 0 aliphatic heterocycles. The summed E-state index contributed by atoms with van der Waals surface area (Å²) in [6, 6.07) is 9.87. The fourth-order valence-electron chi connectivity index (χ4n) is 2.11. The lowest BCUT2D eigenvalue weighted by Gasteiger charge is -2.05. The van der Waals surface area contributed by atoms with Crippen LogP contribution in [-0.2, 0) is 7.05 Å². The fraction of sp³-hybridized carbons (Fsp3) is 0.0714. The molecule has 0 fully saturated rings. The van der Waals surface area contributed by atoms with Crippen LogP contribution in [0.3, 0.4) is 0 Å². The number of rotatable bonds is 1. The molecule has 0 saturated carbocycles. The number of phenolic OH excluding ortho intramolecular Hbond substituents is 2. The summed E-state index contributed by atoms with van der Waals surface area (Å²) in [4.78, 5) is 4.48. The topological polar surface area (TPSA) is 58.3 Å². The molecule has 19 heavy (non-hydrogen) atoms. The number of benzene rings is 2. The van der Waals surface area contributed by atoms with E-state index in [1.165, 1.54) is 12.1 Å². The number of hydrogen-bond acceptors (Lipinski definition) is 3. The molecular weight excluding hydrogens is 264 g/mol. The first-order valence-electron chi connectivity index (χ1n) is 5.70. The molecule has 0 saturated heterocycles. The van der Waals surface area contributed by atoms with E-state index < -0.39 is 0 Å². The Balaban J connectivity index is 2.28. The second-order valence-corrected chi connectivity index (χ2v) is 4.77. The van der Waals surface area contributed by atoms with Crippen LogP contribution in [0.25, 0.3) is 22.4 Å². The van der Waals surface area contributed by atoms with Crippen LogP contribution in [-0.4, -0.2) is 19.8 Å². The monoisotopic (exact) mass is 274 g/mol. The third-order valence-corrected chi connectivity index (χ3v) is 3.30. The Morgan fingerprint density at radius 3 is 2.63 bits per heavy atom. The first kappa shape index (κ1) is 11.9. The second-order valence-electron chi connectivity index (χ2n) is 4.33. The summed E-state index contributed by atoms with van der Waals surface area (Å²) >= 11 is 5.97. The Morgan fingerprint density at radius 1 is 1.11 bits per heavy atom. The van der Waals surface area contributed by atoms with Gasteiger partial charge in [-0.1, -0.05) is 11.6 Å². The third kappa shape index (κ3) is 1.90. The Kier molecular flexibility index (Phi) is 2.61. The molecule has 2 aromatic carbocycles. The molecule has 1 heterocycles. The van der Waals surface area contributed by atoms with Crippen molar-refractivity contribution in [2.24, 2.45) is 7.05 Å². The van der Waals surface area contributed by atoms with Crippen LogP contribution in [0.4, 0.5) is 0 Å². The van der Waals surface area contributed by atoms with Crippen LogP contribution in [0, 0.1) is 0 Å². The lowest BCUT2D eigenvalue weighted by Crippen LogP contribution is -1.92. The van der Waals surface area contributed by atoms with Crippen LogP contribution in [0.5, 0.6) is 11.5 Å². The predicted molar refractivity (Wildman–Crippen MR) is 74.5 cm³/mol. The molecule has 0 atom stereocenters. The molecule has 0 unspecified atom stereocenters. The maximum Gasteiger partial charge on any atom is 0.144 e. The number of nitrogens with zero attached hydrogens (tertiary/aromatic N) is 2. The van der Waals surface area contributed by atoms with Crippen molar-refractivity contribution >= 4 is 22.6 Å². The molecule has 2 N–H and O–H groups in total. The summed E-state index contributed by atoms with van der Waals surface area (Å²) in [7, 11) is 1.85. The average Bonchev–Trinajstić information content (AvgIpc) is 2.67. The number of fused-ring (bicyclic) bond motifs is 1. The third-order valence-electron chi connectivity index (χ3n) is 3.07. The number of aryl methyl sites for hydroxylation is 1. The van der Waals surface area contributed by atoms with Crippen molar-refractivity contribution in [3.8, 4) is 22.9 Å². The van der Waals surface area contributed by atoms with Gasteiger partial charge in [-0.3, -0.25) is 0 Å². The van der Waals surface area contributed by atoms with Crippen molar-refractivity contribution in [1.82, 2.24) is 9.55 Å². The molecule has 0 amide bonds. The van der Waals surface area contributed by atoms with Gasteiger partial charge < -0.3 is 14.8 Å². The van der Waals surface area contributed by atoms with Crippen molar-refractivity contribution < 1.29 is 10.2 Å². The molecule has 3 aromatic rings. The minimum atomic E-state index is -0.00972. The Bertz CT molecular complexity index is 780. The standard InChI is InChI=1S/C14H11ClN2O2/c1-17-12-6-8(15)2-5-11(12)16-14(17)10-4-3-9(18)7-13(10)19/h2-7,18-19H,1H3. The van der Waals surface area contributed by atoms with Crippen molar-refractivity contribution in [2.45, 2.75) is 0 Å². The number of halogens is 1. The number of aromatic hydroxyl groups is 2. The zero-order valence-electron chi connectivity index (χ0n) is 10.1. The molecule has 4 nitrogen and oxygen atoms in total. The normalized spacial score (nSPS) is 11.1. The van der Waals surface area contributed by atoms with E-state index in [0.29, 0.717) is 16.4 Å². The summed E-state index contributed by atoms with van der Waals surface area (Å²) in [5.41, 5.74) is 2.25. The van der Waals surface area contributed by atoms with Crippen molar-refractivity contribution in [2.75, 3.05) is 0 Å². The number of aromatic nitrogens is 2. The zero-order valence-corrected chi connectivity index (χ0v) is 10.9. The molecule has 0 bridgehead atoms. The van der Waals surface area contributed by atoms with Gasteiger partial charge in [-0.15, -0.1) is 0 Å². The molecule has 0 radical (unpaired) electrons. The lowest BCUT2D eigenvalue weighted by atomic mass is 10.2. The largest absolute Gasteiger partial charge is 0.508 e. The Hall–Kier alpha value is -2.20. The quantitative estimate of drug-likeness (QED) is 0.716. The minimum Gasteiger partial charge on any atom is -0.508 e. The summed E-state index contributed by atoms with van der Waals surface area (Å²) in [5, 5.41) is 19.9. The predicted octanol–water partition coefficient (Wildman–Crippen LogP) is 3.30. The van der Waals surface area contributed by atoms with E-state index >= 15 is 0 Å². The van der Waals surface area contributed by atoms with E-state index in [2.05, 4.69) is 4.98 Å². The van der Waals surface area contributed by atoms with Gasteiger partial charge in [0.1, 0.15) is 17.3 Å². The highest BCUT2D eigenvalue weighted by Crippen LogP contribution is 2.33. The van der Waals surface area contributed by atoms with E-state index in [4.69, 9.17) is 11.6 Å². The second kappa shape index (κ2) is 4.17. The van der Waals surface area contributed by atoms with Gasteiger partial charge in [-0.25, -0.2) is 4.98 Å². The lowest BCUT2D eigenvalue weighted by molar-refractivity contribution is 0.451. The van der Waals surface area contributed by atoms with Gasteiger partial charge in [-0.2, -0.15) is 0 Å². The molecule has 0 aliphatic rings. The fourth-order valence-corrected chi connectivity index (χ4v) is 2.28. The van der Waals surface area contributed by atoms with Crippen LogP contribution >= 0.6 is 11.6 Å². The summed E-state index contributed by atoms with van der Waals surface area (Å²) in [6.45, 7) is 0. The van der Waals surface area contributed by atoms with Crippen molar-refractivity contribution in [3.05, 3.63) is 41.4 Å². The molecule has 0 aliphatic carbocycles. The van der Waals surface area contributed by atoms with E-state index in [1.807, 2.05) is 23.7 Å². The van der Waals surface area contributed by atoms with Gasteiger partial charge >= 0.3 is 0 Å². The van der Waals surface area contributed by atoms with E-state index in [-0.39, 0.29) is 11.5 Å². The summed E-state index contributed by atoms with van der Waals surface area (Å²) < 4.78 is 1.85. The number of hydrogen-bond donors (Lipinski definition) is 2. The van der Waals surface area contributed by atoms with Gasteiger partial charge in [-0.05, 0) is 30.3 Å². The molecule has 5 heteroatoms. The van der Waals surface area contributed by atoms with Crippen molar-refractivity contribution in [3.63, 3.8) is 0 Å². The Labute approximate surface area is 114 Å². The zero-order chi connectivity index (χ0) is 13.6. The van der Waals surface area contributed by atoms with Gasteiger partial charge in [0.15, 0.2) is 0 Å². The highest BCUT2D eigenvalue weighted by atomic mass is 35.5. The van der Waals surface area contributed by atoms with Gasteiger partial charge in [0.05, 0.1) is 16.6 Å². The molecule has 3 rings (SSSR count). The molecule has 96 valence electrons. The highest BCUT2D eigenvalue weighted by Gasteiger charge is 2.13. The molecular formula is C14H11ClN2O2. The minimum absolute atomic E-state index is 0.00972. The van der Waals surface area contributed by atoms with Gasteiger partial charge in [0.2, 0.25) is 0 Å². The van der Waals surface area contributed by atoms with Gasteiger partial charge in [0.25, 0.3) is 0 Å². The van der Waals surface area contributed by atoms with Crippen LogP contribution in [0.2, 0.25) is 5.02 Å². The number of imidazole rings is 1. The van der Waals surface area contributed by atoms with E-state index in [1.54, 1.807) is 12.1 Å². The highest BCUT2D eigenvalue weighted by molar-refractivity contribution is 6.31. The van der Waals surface area contributed by atoms with Gasteiger partial charge in [0, 0.05) is 18.1 Å². The summed E-state index contributed by atoms with van der Waals surface area (Å²) in [6.07, 6.45) is 0. The average molecular weight is 275 g/mol. The Morgan fingerprint density at radius 2 is 1.89 bits per heavy atom. The maximum atomic E-state index is 9.91. The first-order chi connectivity index (χ1) is 9.06. The molecule has 1 aromatic heterocycles. The van der Waals surface area contributed by atoms with E-state index in [9.17, 15) is 10.2 Å². The maximum absolute atomic E-state index is 9.91. The van der Waals surface area contributed by atoms with Crippen LogP contribution in [0.1, 0.15) is 0 Å².